The van der Waals surface area contributed by atoms with Crippen LogP contribution < -0.4 is 25.3 Å². The standard InChI is InChI=1S/C32H31N5O6/c1-37-17-21(16-36-37)27-25(41-2)13-20(14-26(27)42-3)29(38)28-30(39)22-12-18(23-6-4-19(15-35-23)31(33)40)5-7-24(22)43-32(28)8-10-34-11-9-32/h4-7,12-17,28,34H,8-11H2,1-3H3,(H2,33,40)/t28-/m1/s1. The summed E-state index contributed by atoms with van der Waals surface area (Å²) in [5, 5.41) is 7.56. The minimum atomic E-state index is -1.10. The molecule has 0 aliphatic carbocycles. The molecule has 1 atom stereocenters. The molecule has 0 bridgehead atoms. The zero-order valence-corrected chi connectivity index (χ0v) is 24.0. The molecule has 4 heterocycles. The first-order valence-corrected chi connectivity index (χ1v) is 13.9. The minimum absolute atomic E-state index is 0.278. The zero-order chi connectivity index (χ0) is 30.3. The average Bonchev–Trinajstić information content (AvgIpc) is 3.46. The second-order valence-corrected chi connectivity index (χ2v) is 10.7. The molecule has 1 amide bonds. The Labute approximate surface area is 248 Å². The minimum Gasteiger partial charge on any atom is -0.496 e. The first-order valence-electron chi connectivity index (χ1n) is 13.9. The summed E-state index contributed by atoms with van der Waals surface area (Å²) in [6, 6.07) is 11.8. The Bertz CT molecular complexity index is 1710. The number of carbonyl (C=O) groups is 3. The number of methoxy groups -OCH3 is 2. The SMILES string of the molecule is COc1cc(C(=O)[C@@H]2C(=O)c3cc(-c4ccc(C(N)=O)cn4)ccc3OC23CCNCC3)cc(OC)c1-c1cnn(C)c1. The van der Waals surface area contributed by atoms with Crippen LogP contribution in [0.5, 0.6) is 17.2 Å². The number of nitrogens with two attached hydrogens (primary N) is 1. The Morgan fingerprint density at radius 1 is 1.00 bits per heavy atom. The van der Waals surface area contributed by atoms with Crippen molar-refractivity contribution in [3.63, 3.8) is 0 Å². The third-order valence-corrected chi connectivity index (χ3v) is 8.19. The number of piperidine rings is 1. The van der Waals surface area contributed by atoms with E-state index >= 15 is 0 Å². The fraction of sp³-hybridized carbons (Fsp3) is 0.281. The number of primary amides is 1. The predicted octanol–water partition coefficient (Wildman–Crippen LogP) is 3.46. The van der Waals surface area contributed by atoms with Crippen LogP contribution in [0.4, 0.5) is 0 Å². The maximum absolute atomic E-state index is 14.4. The molecule has 6 rings (SSSR count). The first-order chi connectivity index (χ1) is 20.7. The molecule has 220 valence electrons. The number of hydrogen-bond donors (Lipinski definition) is 2. The molecule has 0 saturated carbocycles. The summed E-state index contributed by atoms with van der Waals surface area (Å²) in [5.41, 5.74) is 7.80. The summed E-state index contributed by atoms with van der Waals surface area (Å²) in [5.74, 6) is -1.10. The second-order valence-electron chi connectivity index (χ2n) is 10.7. The molecule has 2 aromatic carbocycles. The van der Waals surface area contributed by atoms with E-state index in [0.29, 0.717) is 65.6 Å². The van der Waals surface area contributed by atoms with Gasteiger partial charge in [-0.1, -0.05) is 0 Å². The Morgan fingerprint density at radius 3 is 2.30 bits per heavy atom. The topological polar surface area (TPSA) is 148 Å². The number of aromatic nitrogens is 3. The van der Waals surface area contributed by atoms with Gasteiger partial charge in [-0.25, -0.2) is 0 Å². The molecule has 0 radical (unpaired) electrons. The number of amides is 1. The molecule has 1 saturated heterocycles. The van der Waals surface area contributed by atoms with E-state index in [0.717, 1.165) is 5.56 Å². The predicted molar refractivity (Wildman–Crippen MR) is 158 cm³/mol. The van der Waals surface area contributed by atoms with Crippen LogP contribution >= 0.6 is 0 Å². The molecule has 1 spiro atoms. The monoisotopic (exact) mass is 581 g/mol. The van der Waals surface area contributed by atoms with Gasteiger partial charge in [-0.15, -0.1) is 0 Å². The Balaban J connectivity index is 1.43. The van der Waals surface area contributed by atoms with Crippen molar-refractivity contribution in [1.29, 1.82) is 0 Å². The van der Waals surface area contributed by atoms with Gasteiger partial charge >= 0.3 is 0 Å². The summed E-state index contributed by atoms with van der Waals surface area (Å²) in [4.78, 5) is 44.6. The number of carbonyl (C=O) groups excluding carboxylic acids is 3. The van der Waals surface area contributed by atoms with Crippen molar-refractivity contribution < 1.29 is 28.6 Å². The normalized spacial score (nSPS) is 17.2. The molecule has 3 N–H and O–H groups in total. The van der Waals surface area contributed by atoms with Crippen LogP contribution in [-0.4, -0.2) is 65.1 Å². The number of aryl methyl sites for hydroxylation is 1. The number of hydrogen-bond acceptors (Lipinski definition) is 9. The van der Waals surface area contributed by atoms with E-state index in [1.165, 1.54) is 20.4 Å². The van der Waals surface area contributed by atoms with E-state index < -0.39 is 17.4 Å². The average molecular weight is 582 g/mol. The number of fused-ring (bicyclic) bond motifs is 1. The van der Waals surface area contributed by atoms with Gasteiger partial charge in [0, 0.05) is 49.0 Å². The van der Waals surface area contributed by atoms with Crippen molar-refractivity contribution in [3.05, 3.63) is 77.7 Å². The largest absolute Gasteiger partial charge is 0.496 e. The van der Waals surface area contributed by atoms with Gasteiger partial charge in [-0.3, -0.25) is 24.0 Å². The van der Waals surface area contributed by atoms with E-state index in [2.05, 4.69) is 15.4 Å². The Hall–Kier alpha value is -5.03. The maximum Gasteiger partial charge on any atom is 0.250 e. The van der Waals surface area contributed by atoms with Gasteiger partial charge in [0.15, 0.2) is 11.6 Å². The van der Waals surface area contributed by atoms with Gasteiger partial charge in [0.25, 0.3) is 0 Å². The van der Waals surface area contributed by atoms with Crippen LogP contribution in [0.25, 0.3) is 22.4 Å². The molecular formula is C32H31N5O6. The molecule has 4 aromatic rings. The lowest BCUT2D eigenvalue weighted by atomic mass is 9.70. The highest BCUT2D eigenvalue weighted by molar-refractivity contribution is 6.19. The third kappa shape index (κ3) is 4.91. The molecule has 43 heavy (non-hydrogen) atoms. The van der Waals surface area contributed by atoms with Crippen LogP contribution in [0, 0.1) is 5.92 Å². The van der Waals surface area contributed by atoms with Gasteiger partial charge in [-0.2, -0.15) is 5.10 Å². The number of pyridine rings is 1. The third-order valence-electron chi connectivity index (χ3n) is 8.19. The molecule has 11 nitrogen and oxygen atoms in total. The van der Waals surface area contributed by atoms with Crippen molar-refractivity contribution in [2.45, 2.75) is 18.4 Å². The van der Waals surface area contributed by atoms with Crippen LogP contribution in [0.3, 0.4) is 0 Å². The van der Waals surface area contributed by atoms with Gasteiger partial charge in [-0.05, 0) is 55.6 Å². The summed E-state index contributed by atoms with van der Waals surface area (Å²) in [6.07, 6.45) is 5.87. The molecule has 1 fully saturated rings. The van der Waals surface area contributed by atoms with E-state index in [-0.39, 0.29) is 22.7 Å². The van der Waals surface area contributed by atoms with Crippen molar-refractivity contribution in [1.82, 2.24) is 20.1 Å². The highest BCUT2D eigenvalue weighted by Crippen LogP contribution is 2.46. The fourth-order valence-corrected chi connectivity index (χ4v) is 6.01. The van der Waals surface area contributed by atoms with Crippen molar-refractivity contribution in [3.8, 4) is 39.6 Å². The van der Waals surface area contributed by atoms with Crippen LogP contribution in [0.2, 0.25) is 0 Å². The van der Waals surface area contributed by atoms with E-state index in [1.807, 2.05) is 19.3 Å². The van der Waals surface area contributed by atoms with Crippen LogP contribution in [0.1, 0.15) is 43.9 Å². The summed E-state index contributed by atoms with van der Waals surface area (Å²) < 4.78 is 19.7. The molecule has 2 aliphatic rings. The lowest BCUT2D eigenvalue weighted by molar-refractivity contribution is -0.0138. The molecule has 0 unspecified atom stereocenters. The molecule has 11 heteroatoms. The summed E-state index contributed by atoms with van der Waals surface area (Å²) in [6.45, 7) is 1.21. The van der Waals surface area contributed by atoms with Crippen LogP contribution in [0.15, 0.2) is 61.1 Å². The summed E-state index contributed by atoms with van der Waals surface area (Å²) >= 11 is 0. The highest BCUT2D eigenvalue weighted by Gasteiger charge is 2.54. The number of benzene rings is 2. The van der Waals surface area contributed by atoms with Gasteiger partial charge in [0.05, 0.1) is 42.8 Å². The number of Topliss-reactive ketones (excluding diaryl/α,β-unsaturated/α-hetero) is 2. The van der Waals surface area contributed by atoms with Crippen LogP contribution in [-0.2, 0) is 7.05 Å². The van der Waals surface area contributed by atoms with Crippen molar-refractivity contribution in [2.24, 2.45) is 18.7 Å². The second kappa shape index (κ2) is 11.0. The van der Waals surface area contributed by atoms with Gasteiger partial charge in [0.2, 0.25) is 5.91 Å². The number of ether oxygens (including phenoxy) is 3. The molecule has 2 aromatic heterocycles. The van der Waals surface area contributed by atoms with E-state index in [1.54, 1.807) is 47.3 Å². The van der Waals surface area contributed by atoms with Crippen molar-refractivity contribution in [2.75, 3.05) is 27.3 Å². The lowest BCUT2D eigenvalue weighted by Crippen LogP contribution is -2.58. The first kappa shape index (κ1) is 28.1. The number of nitrogens with zero attached hydrogens (tertiary/aromatic N) is 3. The van der Waals surface area contributed by atoms with Crippen molar-refractivity contribution >= 4 is 17.5 Å². The maximum atomic E-state index is 14.4. The fourth-order valence-electron chi connectivity index (χ4n) is 6.01. The quantitative estimate of drug-likeness (QED) is 0.247. The molecular weight excluding hydrogens is 550 g/mol. The Kier molecular flexibility index (Phi) is 7.18. The van der Waals surface area contributed by atoms with E-state index in [9.17, 15) is 14.4 Å². The van der Waals surface area contributed by atoms with Gasteiger partial charge < -0.3 is 25.3 Å². The number of nitrogens with one attached hydrogen (secondary N) is 1. The molecule has 2 aliphatic heterocycles. The smallest absolute Gasteiger partial charge is 0.250 e. The van der Waals surface area contributed by atoms with E-state index in [4.69, 9.17) is 19.9 Å². The lowest BCUT2D eigenvalue weighted by Gasteiger charge is -2.45. The Morgan fingerprint density at radius 2 is 1.72 bits per heavy atom. The zero-order valence-electron chi connectivity index (χ0n) is 24.0. The highest BCUT2D eigenvalue weighted by atomic mass is 16.5. The number of ketones is 2. The number of rotatable bonds is 7. The summed E-state index contributed by atoms with van der Waals surface area (Å²) in [7, 11) is 4.85. The van der Waals surface area contributed by atoms with Gasteiger partial charge in [0.1, 0.15) is 28.8 Å².